The fraction of sp³-hybridized carbons (Fsp3) is 0.370. The summed E-state index contributed by atoms with van der Waals surface area (Å²) < 4.78 is 12.0. The third-order valence-corrected chi connectivity index (χ3v) is 5.75. The summed E-state index contributed by atoms with van der Waals surface area (Å²) in [6.45, 7) is 16.4. The molecule has 1 heterocycles. The molecular weight excluding hydrogens is 416 g/mol. The van der Waals surface area contributed by atoms with Gasteiger partial charge in [0.05, 0.1) is 17.9 Å². The molecule has 1 aliphatic rings. The van der Waals surface area contributed by atoms with Gasteiger partial charge in [0.2, 0.25) is 0 Å². The highest BCUT2D eigenvalue weighted by Crippen LogP contribution is 2.48. The van der Waals surface area contributed by atoms with Crippen molar-refractivity contribution in [3.63, 3.8) is 0 Å². The molecule has 2 aromatic rings. The van der Waals surface area contributed by atoms with Crippen molar-refractivity contribution in [3.8, 4) is 16.9 Å². The second-order valence-electron chi connectivity index (χ2n) is 9.16. The number of anilines is 2. The molecule has 6 heteroatoms. The normalized spacial score (nSPS) is 14.2. The van der Waals surface area contributed by atoms with Gasteiger partial charge in [0.15, 0.2) is 6.10 Å². The van der Waals surface area contributed by atoms with E-state index in [1.165, 1.54) is 0 Å². The number of aryl methyl sites for hydroxylation is 1. The first-order valence-corrected chi connectivity index (χ1v) is 11.1. The molecule has 33 heavy (non-hydrogen) atoms. The number of hydrogen-bond acceptors (Lipinski definition) is 5. The molecule has 6 nitrogen and oxygen atoms in total. The highest BCUT2D eigenvalue weighted by Gasteiger charge is 2.33. The smallest absolute Gasteiger partial charge is 0.337 e. The summed E-state index contributed by atoms with van der Waals surface area (Å²) in [4.78, 5) is 12.5. The number of nitrogens with one attached hydrogen (secondary N) is 2. The van der Waals surface area contributed by atoms with Crippen LogP contribution in [-0.2, 0) is 9.53 Å². The van der Waals surface area contributed by atoms with E-state index in [2.05, 4.69) is 23.8 Å². The number of ether oxygens (including phenoxy) is 2. The van der Waals surface area contributed by atoms with Gasteiger partial charge in [0, 0.05) is 48.5 Å². The molecule has 0 radical (unpaired) electrons. The molecule has 176 valence electrons. The summed E-state index contributed by atoms with van der Waals surface area (Å²) >= 11 is 0. The van der Waals surface area contributed by atoms with Crippen LogP contribution in [0.2, 0.25) is 0 Å². The van der Waals surface area contributed by atoms with Gasteiger partial charge >= 0.3 is 5.97 Å². The van der Waals surface area contributed by atoms with Gasteiger partial charge in [-0.2, -0.15) is 0 Å². The third kappa shape index (κ3) is 4.62. The zero-order chi connectivity index (χ0) is 24.5. The Balaban J connectivity index is 2.46. The highest BCUT2D eigenvalue weighted by atomic mass is 16.5. The third-order valence-electron chi connectivity index (χ3n) is 5.75. The quantitative estimate of drug-likeness (QED) is 0.471. The maximum absolute atomic E-state index is 12.5. The molecule has 3 N–H and O–H groups in total. The van der Waals surface area contributed by atoms with Gasteiger partial charge < -0.3 is 25.2 Å². The maximum Gasteiger partial charge on any atom is 0.337 e. The minimum atomic E-state index is -1.16. The first-order chi connectivity index (χ1) is 15.5. The SMILES string of the molecule is C=Cc1c(NC)cc(C)c(C(OC(C)(C)C)C(=O)O)c1-c1ccc2c(c1NC)C(=C)CCO2. The Morgan fingerprint density at radius 2 is 1.94 bits per heavy atom. The maximum atomic E-state index is 12.5. The summed E-state index contributed by atoms with van der Waals surface area (Å²) in [6.07, 6.45) is 1.32. The van der Waals surface area contributed by atoms with Crippen molar-refractivity contribution in [3.05, 3.63) is 53.6 Å². The molecule has 0 amide bonds. The lowest BCUT2D eigenvalue weighted by Crippen LogP contribution is -2.28. The van der Waals surface area contributed by atoms with Crippen molar-refractivity contribution in [2.24, 2.45) is 0 Å². The van der Waals surface area contributed by atoms with E-state index in [4.69, 9.17) is 9.47 Å². The van der Waals surface area contributed by atoms with E-state index in [1.54, 1.807) is 6.08 Å². The van der Waals surface area contributed by atoms with Gasteiger partial charge in [0.1, 0.15) is 5.75 Å². The standard InChI is InChI=1S/C27H34N2O4/c1-9-17-19(28-7)14-16(3)22(25(26(30)31)33-27(4,5)6)23(17)18-10-11-20-21(24(18)29-8)15(2)12-13-32-20/h9-11,14,25,28-29H,1-2,12-13H2,3-8H3,(H,30,31). The fourth-order valence-corrected chi connectivity index (χ4v) is 4.41. The van der Waals surface area contributed by atoms with Crippen LogP contribution in [0.1, 0.15) is 55.5 Å². The topological polar surface area (TPSA) is 79.8 Å². The van der Waals surface area contributed by atoms with Gasteiger partial charge in [-0.25, -0.2) is 4.79 Å². The average Bonchev–Trinajstić information content (AvgIpc) is 2.75. The van der Waals surface area contributed by atoms with Crippen LogP contribution in [-0.4, -0.2) is 37.4 Å². The van der Waals surface area contributed by atoms with Crippen LogP contribution >= 0.6 is 0 Å². The molecule has 0 saturated carbocycles. The van der Waals surface area contributed by atoms with Crippen molar-refractivity contribution < 1.29 is 19.4 Å². The molecule has 0 saturated heterocycles. The van der Waals surface area contributed by atoms with Crippen molar-refractivity contribution in [2.45, 2.75) is 45.8 Å². The second kappa shape index (κ2) is 9.32. The van der Waals surface area contributed by atoms with E-state index in [0.29, 0.717) is 12.2 Å². The molecule has 2 aromatic carbocycles. The molecule has 3 rings (SSSR count). The van der Waals surface area contributed by atoms with E-state index in [1.807, 2.05) is 60.0 Å². The molecule has 0 bridgehead atoms. The van der Waals surface area contributed by atoms with Gasteiger partial charge in [-0.15, -0.1) is 0 Å². The first kappa shape index (κ1) is 24.4. The monoisotopic (exact) mass is 450 g/mol. The molecule has 1 aliphatic heterocycles. The Labute approximate surface area is 196 Å². The fourth-order valence-electron chi connectivity index (χ4n) is 4.41. The number of rotatable bonds is 7. The van der Waals surface area contributed by atoms with E-state index < -0.39 is 17.7 Å². The van der Waals surface area contributed by atoms with Crippen LogP contribution in [0.25, 0.3) is 22.8 Å². The zero-order valence-electron chi connectivity index (χ0n) is 20.4. The van der Waals surface area contributed by atoms with Crippen LogP contribution in [0.4, 0.5) is 11.4 Å². The van der Waals surface area contributed by atoms with E-state index in [9.17, 15) is 9.90 Å². The second-order valence-corrected chi connectivity index (χ2v) is 9.16. The van der Waals surface area contributed by atoms with Crippen molar-refractivity contribution in [2.75, 3.05) is 31.3 Å². The van der Waals surface area contributed by atoms with Crippen LogP contribution < -0.4 is 15.4 Å². The van der Waals surface area contributed by atoms with Crippen LogP contribution in [0.15, 0.2) is 31.4 Å². The molecule has 1 atom stereocenters. The van der Waals surface area contributed by atoms with Crippen molar-refractivity contribution in [1.29, 1.82) is 0 Å². The molecule has 0 aromatic heterocycles. The predicted molar refractivity (Wildman–Crippen MR) is 136 cm³/mol. The summed E-state index contributed by atoms with van der Waals surface area (Å²) in [6, 6.07) is 5.83. The number of carbonyl (C=O) groups is 1. The summed E-state index contributed by atoms with van der Waals surface area (Å²) in [5.41, 5.74) is 6.76. The van der Waals surface area contributed by atoms with Gasteiger partial charge in [-0.05, 0) is 62.6 Å². The number of carboxylic acid groups (broad SMARTS) is 1. The van der Waals surface area contributed by atoms with Gasteiger partial charge in [0.25, 0.3) is 0 Å². The number of carboxylic acids is 1. The lowest BCUT2D eigenvalue weighted by Gasteiger charge is -2.31. The van der Waals surface area contributed by atoms with Crippen molar-refractivity contribution in [1.82, 2.24) is 0 Å². The van der Waals surface area contributed by atoms with E-state index >= 15 is 0 Å². The Morgan fingerprint density at radius 3 is 2.48 bits per heavy atom. The Bertz CT molecular complexity index is 1110. The predicted octanol–water partition coefficient (Wildman–Crippen LogP) is 6.12. The number of fused-ring (bicyclic) bond motifs is 1. The minimum Gasteiger partial charge on any atom is -0.493 e. The minimum absolute atomic E-state index is 0.590. The van der Waals surface area contributed by atoms with Gasteiger partial charge in [-0.3, -0.25) is 0 Å². The Hall–Kier alpha value is -3.25. The molecule has 0 spiro atoms. The Morgan fingerprint density at radius 1 is 1.24 bits per heavy atom. The number of hydrogen-bond donors (Lipinski definition) is 3. The first-order valence-electron chi connectivity index (χ1n) is 11.1. The lowest BCUT2D eigenvalue weighted by molar-refractivity contribution is -0.160. The Kier molecular flexibility index (Phi) is 6.89. The highest BCUT2D eigenvalue weighted by molar-refractivity contribution is 5.98. The van der Waals surface area contributed by atoms with Gasteiger partial charge in [-0.1, -0.05) is 19.2 Å². The molecule has 0 fully saturated rings. The van der Waals surface area contributed by atoms with Crippen LogP contribution in [0.3, 0.4) is 0 Å². The number of benzene rings is 2. The molecule has 1 unspecified atom stereocenters. The summed E-state index contributed by atoms with van der Waals surface area (Å²) in [7, 11) is 3.69. The largest absolute Gasteiger partial charge is 0.493 e. The number of aliphatic carboxylic acids is 1. The zero-order valence-corrected chi connectivity index (χ0v) is 20.4. The lowest BCUT2D eigenvalue weighted by atomic mass is 9.84. The van der Waals surface area contributed by atoms with E-state index in [-0.39, 0.29) is 0 Å². The van der Waals surface area contributed by atoms with Crippen molar-refractivity contribution >= 4 is 29.0 Å². The van der Waals surface area contributed by atoms with Crippen LogP contribution in [0, 0.1) is 6.92 Å². The summed E-state index contributed by atoms with van der Waals surface area (Å²) in [5, 5.41) is 16.8. The molecule has 0 aliphatic carbocycles. The molecular formula is C27H34N2O4. The average molecular weight is 451 g/mol. The van der Waals surface area contributed by atoms with E-state index in [0.717, 1.165) is 56.9 Å². The van der Waals surface area contributed by atoms with Crippen LogP contribution in [0.5, 0.6) is 5.75 Å². The summed E-state index contributed by atoms with van der Waals surface area (Å²) in [5.74, 6) is -0.276.